The molecule has 1 amide bonds. The van der Waals surface area contributed by atoms with Crippen LogP contribution in [0, 0.1) is 0 Å². The molecule has 0 saturated carbocycles. The summed E-state index contributed by atoms with van der Waals surface area (Å²) in [4.78, 5) is 12.5. The normalized spacial score (nSPS) is 13.2. The number of hydrogen-bond acceptors (Lipinski definition) is 5. The van der Waals surface area contributed by atoms with Crippen LogP contribution in [0.1, 0.15) is 16.7 Å². The van der Waals surface area contributed by atoms with Crippen LogP contribution in [-0.4, -0.2) is 45.0 Å². The minimum absolute atomic E-state index is 0.0866. The highest BCUT2D eigenvalue weighted by Crippen LogP contribution is 2.34. The number of rotatable bonds is 5. The summed E-state index contributed by atoms with van der Waals surface area (Å²) in [6.45, 7) is 0. The molecule has 0 aromatic heterocycles. The van der Waals surface area contributed by atoms with Gasteiger partial charge in [-0.2, -0.15) is 5.10 Å². The lowest BCUT2D eigenvalue weighted by Crippen LogP contribution is -2.22. The molecular formula is C25H24N2O4. The molecule has 0 saturated heterocycles. The first-order valence-corrected chi connectivity index (χ1v) is 9.89. The lowest BCUT2D eigenvalue weighted by Gasteiger charge is -2.14. The molecule has 1 aliphatic heterocycles. The van der Waals surface area contributed by atoms with Crippen molar-refractivity contribution in [3.8, 4) is 28.4 Å². The molecule has 0 atom stereocenters. The second-order valence-electron chi connectivity index (χ2n) is 7.22. The fourth-order valence-electron chi connectivity index (χ4n) is 3.66. The van der Waals surface area contributed by atoms with Gasteiger partial charge in [-0.15, -0.1) is 0 Å². The lowest BCUT2D eigenvalue weighted by atomic mass is 9.94. The van der Waals surface area contributed by atoms with Gasteiger partial charge in [0.05, 0.1) is 33.5 Å². The van der Waals surface area contributed by atoms with Gasteiger partial charge in [0.2, 0.25) is 5.91 Å². The van der Waals surface area contributed by atoms with E-state index in [0.717, 1.165) is 33.6 Å². The Morgan fingerprint density at radius 3 is 2.16 bits per heavy atom. The van der Waals surface area contributed by atoms with E-state index in [9.17, 15) is 4.79 Å². The first-order chi connectivity index (χ1) is 15.0. The molecule has 0 unspecified atom stereocenters. The smallest absolute Gasteiger partial charge is 0.246 e. The van der Waals surface area contributed by atoms with Crippen LogP contribution in [0.15, 0.2) is 65.8 Å². The van der Waals surface area contributed by atoms with Gasteiger partial charge in [0.15, 0.2) is 11.5 Å². The van der Waals surface area contributed by atoms with Crippen LogP contribution >= 0.6 is 0 Å². The number of ether oxygens (including phenoxy) is 3. The van der Waals surface area contributed by atoms with Crippen molar-refractivity contribution in [1.29, 1.82) is 0 Å². The highest BCUT2D eigenvalue weighted by atomic mass is 16.5. The Kier molecular flexibility index (Phi) is 5.62. The zero-order chi connectivity index (χ0) is 22.0. The molecule has 0 bridgehead atoms. The Hall–Kier alpha value is -3.80. The third-order valence-electron chi connectivity index (χ3n) is 5.38. The van der Waals surface area contributed by atoms with Crippen LogP contribution < -0.4 is 14.2 Å². The number of hydrogen-bond donors (Lipinski definition) is 0. The van der Waals surface area contributed by atoms with Crippen LogP contribution in [0.25, 0.3) is 11.1 Å². The Bertz CT molecular complexity index is 1150. The molecule has 3 aromatic carbocycles. The monoisotopic (exact) mass is 416 g/mol. The van der Waals surface area contributed by atoms with Crippen LogP contribution in [0.4, 0.5) is 0 Å². The van der Waals surface area contributed by atoms with Gasteiger partial charge in [-0.05, 0) is 41.0 Å². The minimum Gasteiger partial charge on any atom is -0.497 e. The van der Waals surface area contributed by atoms with E-state index in [1.165, 1.54) is 5.01 Å². The topological polar surface area (TPSA) is 60.4 Å². The van der Waals surface area contributed by atoms with Gasteiger partial charge in [0.25, 0.3) is 0 Å². The number of nitrogens with zero attached hydrogens (tertiary/aromatic N) is 2. The van der Waals surface area contributed by atoms with Crippen molar-refractivity contribution in [2.45, 2.75) is 6.42 Å². The number of likely N-dealkylation sites (N-methyl/N-ethyl adjacent to an activating group) is 1. The number of amides is 1. The Morgan fingerprint density at radius 2 is 1.48 bits per heavy atom. The van der Waals surface area contributed by atoms with E-state index >= 15 is 0 Å². The summed E-state index contributed by atoms with van der Waals surface area (Å²) in [6, 6.07) is 19.8. The van der Waals surface area contributed by atoms with Crippen LogP contribution in [0.3, 0.4) is 0 Å². The van der Waals surface area contributed by atoms with E-state index < -0.39 is 0 Å². The summed E-state index contributed by atoms with van der Waals surface area (Å²) in [6.07, 6.45) is 0.237. The van der Waals surface area contributed by atoms with E-state index in [1.54, 1.807) is 28.4 Å². The maximum atomic E-state index is 12.5. The predicted octanol–water partition coefficient (Wildman–Crippen LogP) is 4.15. The summed E-state index contributed by atoms with van der Waals surface area (Å²) >= 11 is 0. The number of hydrazone groups is 1. The molecule has 3 aromatic rings. The van der Waals surface area contributed by atoms with Crippen molar-refractivity contribution in [1.82, 2.24) is 5.01 Å². The summed E-state index contributed by atoms with van der Waals surface area (Å²) in [5.41, 5.74) is 5.44. The quantitative estimate of drug-likeness (QED) is 0.627. The highest BCUT2D eigenvalue weighted by Gasteiger charge is 2.24. The number of methoxy groups -OCH3 is 3. The van der Waals surface area contributed by atoms with Crippen LogP contribution in [-0.2, 0) is 11.2 Å². The molecule has 158 valence electrons. The standard InChI is InChI=1S/C25H24N2O4/c1-27-24(28)14-19-13-22(30-3)23(31-4)15-21(19)25(26-27)17-10-8-16(9-11-17)18-6-5-7-20(12-18)29-2/h5-13,15H,14H2,1-4H3. The van der Waals surface area contributed by atoms with Gasteiger partial charge < -0.3 is 14.2 Å². The summed E-state index contributed by atoms with van der Waals surface area (Å²) < 4.78 is 16.3. The fourth-order valence-corrected chi connectivity index (χ4v) is 3.66. The molecule has 0 N–H and O–H groups in total. The van der Waals surface area contributed by atoms with Gasteiger partial charge in [0, 0.05) is 18.2 Å². The van der Waals surface area contributed by atoms with Crippen molar-refractivity contribution in [2.75, 3.05) is 28.4 Å². The zero-order valence-electron chi connectivity index (χ0n) is 18.0. The van der Waals surface area contributed by atoms with Crippen molar-refractivity contribution >= 4 is 11.6 Å². The van der Waals surface area contributed by atoms with Crippen molar-refractivity contribution < 1.29 is 19.0 Å². The Balaban J connectivity index is 1.79. The van der Waals surface area contributed by atoms with E-state index in [-0.39, 0.29) is 12.3 Å². The van der Waals surface area contributed by atoms with Crippen molar-refractivity contribution in [3.05, 3.63) is 77.4 Å². The molecular weight excluding hydrogens is 392 g/mol. The zero-order valence-corrected chi connectivity index (χ0v) is 18.0. The van der Waals surface area contributed by atoms with Crippen LogP contribution in [0.2, 0.25) is 0 Å². The molecule has 0 spiro atoms. The van der Waals surface area contributed by atoms with E-state index in [4.69, 9.17) is 14.2 Å². The first-order valence-electron chi connectivity index (χ1n) is 9.89. The molecule has 6 nitrogen and oxygen atoms in total. The molecule has 6 heteroatoms. The largest absolute Gasteiger partial charge is 0.497 e. The Morgan fingerprint density at radius 1 is 0.806 bits per heavy atom. The SMILES string of the molecule is COc1cccc(-c2ccc(C3=NN(C)C(=O)Cc4cc(OC)c(OC)cc43)cc2)c1. The Labute approximate surface area is 181 Å². The lowest BCUT2D eigenvalue weighted by molar-refractivity contribution is -0.129. The first kappa shape index (κ1) is 20.5. The van der Waals surface area contributed by atoms with Gasteiger partial charge >= 0.3 is 0 Å². The number of carbonyl (C=O) groups is 1. The van der Waals surface area contributed by atoms with Gasteiger partial charge in [-0.3, -0.25) is 4.79 Å². The predicted molar refractivity (Wildman–Crippen MR) is 120 cm³/mol. The third-order valence-corrected chi connectivity index (χ3v) is 5.38. The maximum Gasteiger partial charge on any atom is 0.246 e. The van der Waals surface area contributed by atoms with Crippen molar-refractivity contribution in [2.24, 2.45) is 5.10 Å². The van der Waals surface area contributed by atoms with Gasteiger partial charge in [0.1, 0.15) is 5.75 Å². The molecule has 1 heterocycles. The van der Waals surface area contributed by atoms with Crippen LogP contribution in [0.5, 0.6) is 17.2 Å². The third kappa shape index (κ3) is 3.97. The van der Waals surface area contributed by atoms with E-state index in [0.29, 0.717) is 17.2 Å². The van der Waals surface area contributed by atoms with Gasteiger partial charge in [-0.1, -0.05) is 36.4 Å². The van der Waals surface area contributed by atoms with E-state index in [1.807, 2.05) is 60.7 Å². The minimum atomic E-state index is -0.0866. The number of fused-ring (bicyclic) bond motifs is 1. The number of carbonyl (C=O) groups excluding carboxylic acids is 1. The summed E-state index contributed by atoms with van der Waals surface area (Å²) in [5, 5.41) is 6.01. The fraction of sp³-hybridized carbons (Fsp3) is 0.200. The average molecular weight is 416 g/mol. The maximum absolute atomic E-state index is 12.5. The second-order valence-corrected chi connectivity index (χ2v) is 7.22. The molecule has 0 radical (unpaired) electrons. The molecule has 31 heavy (non-hydrogen) atoms. The van der Waals surface area contributed by atoms with Gasteiger partial charge in [-0.25, -0.2) is 5.01 Å². The van der Waals surface area contributed by atoms with Crippen molar-refractivity contribution in [3.63, 3.8) is 0 Å². The molecule has 0 fully saturated rings. The second kappa shape index (κ2) is 8.52. The average Bonchev–Trinajstić information content (AvgIpc) is 2.93. The summed E-state index contributed by atoms with van der Waals surface area (Å²) in [7, 11) is 6.51. The highest BCUT2D eigenvalue weighted by molar-refractivity contribution is 6.15. The summed E-state index contributed by atoms with van der Waals surface area (Å²) in [5.74, 6) is 1.91. The number of benzene rings is 3. The van der Waals surface area contributed by atoms with E-state index in [2.05, 4.69) is 5.10 Å². The molecule has 0 aliphatic carbocycles. The molecule has 4 rings (SSSR count). The molecule has 1 aliphatic rings.